The summed E-state index contributed by atoms with van der Waals surface area (Å²) >= 11 is 0. The maximum Gasteiger partial charge on any atom is 0.166 e. The molecular formula is C16H16N4O. The Morgan fingerprint density at radius 3 is 2.62 bits per heavy atom. The minimum absolute atomic E-state index is 0.0982. The van der Waals surface area contributed by atoms with E-state index < -0.39 is 0 Å². The van der Waals surface area contributed by atoms with E-state index in [4.69, 9.17) is 0 Å². The number of Topliss-reactive ketones (excluding diaryl/α,β-unsaturated/α-hetero) is 1. The van der Waals surface area contributed by atoms with Gasteiger partial charge in [-0.3, -0.25) is 9.48 Å². The Kier molecular flexibility index (Phi) is 3.64. The van der Waals surface area contributed by atoms with Crippen LogP contribution in [0.25, 0.3) is 5.69 Å². The SMILES string of the molecule is Cn1cc(CCC(=O)c2cnn(-c3ccccc3)c2)cn1. The number of nitrogens with zero attached hydrogens (tertiary/aromatic N) is 4. The summed E-state index contributed by atoms with van der Waals surface area (Å²) in [6.45, 7) is 0. The van der Waals surface area contributed by atoms with Crippen molar-refractivity contribution in [2.45, 2.75) is 12.8 Å². The number of rotatable bonds is 5. The first-order valence-electron chi connectivity index (χ1n) is 6.83. The van der Waals surface area contributed by atoms with Crippen LogP contribution < -0.4 is 0 Å². The van der Waals surface area contributed by atoms with Gasteiger partial charge < -0.3 is 0 Å². The molecule has 2 aromatic heterocycles. The van der Waals surface area contributed by atoms with Crippen molar-refractivity contribution in [2.24, 2.45) is 7.05 Å². The van der Waals surface area contributed by atoms with Crippen LogP contribution in [0, 0.1) is 0 Å². The predicted molar refractivity (Wildman–Crippen MR) is 79.4 cm³/mol. The van der Waals surface area contributed by atoms with Gasteiger partial charge in [0.1, 0.15) is 0 Å². The Morgan fingerprint density at radius 2 is 1.90 bits per heavy atom. The Balaban J connectivity index is 1.67. The highest BCUT2D eigenvalue weighted by Gasteiger charge is 2.10. The van der Waals surface area contributed by atoms with Crippen LogP contribution >= 0.6 is 0 Å². The molecule has 0 N–H and O–H groups in total. The monoisotopic (exact) mass is 280 g/mol. The maximum atomic E-state index is 12.2. The molecule has 0 amide bonds. The van der Waals surface area contributed by atoms with Gasteiger partial charge in [-0.15, -0.1) is 0 Å². The van der Waals surface area contributed by atoms with E-state index in [0.717, 1.165) is 11.3 Å². The Bertz CT molecular complexity index is 742. The minimum Gasteiger partial charge on any atom is -0.294 e. The molecule has 0 saturated carbocycles. The molecule has 0 fully saturated rings. The van der Waals surface area contributed by atoms with Gasteiger partial charge in [-0.1, -0.05) is 18.2 Å². The molecule has 106 valence electrons. The highest BCUT2D eigenvalue weighted by atomic mass is 16.1. The van der Waals surface area contributed by atoms with Crippen molar-refractivity contribution in [1.29, 1.82) is 0 Å². The van der Waals surface area contributed by atoms with Gasteiger partial charge in [-0.25, -0.2) is 4.68 Å². The van der Waals surface area contributed by atoms with E-state index in [0.29, 0.717) is 18.4 Å². The third-order valence-electron chi connectivity index (χ3n) is 3.32. The smallest absolute Gasteiger partial charge is 0.166 e. The van der Waals surface area contributed by atoms with Gasteiger partial charge in [0.25, 0.3) is 0 Å². The van der Waals surface area contributed by atoms with Gasteiger partial charge in [-0.05, 0) is 24.1 Å². The minimum atomic E-state index is 0.0982. The van der Waals surface area contributed by atoms with Gasteiger partial charge >= 0.3 is 0 Å². The Morgan fingerprint density at radius 1 is 1.10 bits per heavy atom. The molecule has 5 heteroatoms. The van der Waals surface area contributed by atoms with Crippen molar-refractivity contribution in [3.8, 4) is 5.69 Å². The number of carbonyl (C=O) groups excluding carboxylic acids is 1. The van der Waals surface area contributed by atoms with Crippen molar-refractivity contribution in [3.63, 3.8) is 0 Å². The maximum absolute atomic E-state index is 12.2. The Labute approximate surface area is 122 Å². The first-order valence-corrected chi connectivity index (χ1v) is 6.83. The average molecular weight is 280 g/mol. The molecule has 0 aliphatic heterocycles. The van der Waals surface area contributed by atoms with Crippen molar-refractivity contribution >= 4 is 5.78 Å². The largest absolute Gasteiger partial charge is 0.294 e. The molecule has 0 aliphatic rings. The average Bonchev–Trinajstić information content (AvgIpc) is 3.15. The van der Waals surface area contributed by atoms with Crippen molar-refractivity contribution in [1.82, 2.24) is 19.6 Å². The molecule has 5 nitrogen and oxygen atoms in total. The summed E-state index contributed by atoms with van der Waals surface area (Å²) in [6.07, 6.45) is 8.29. The number of aromatic nitrogens is 4. The van der Waals surface area contributed by atoms with Crippen LogP contribution in [0.1, 0.15) is 22.3 Å². The summed E-state index contributed by atoms with van der Waals surface area (Å²) in [4.78, 5) is 12.2. The van der Waals surface area contributed by atoms with Crippen molar-refractivity contribution in [2.75, 3.05) is 0 Å². The van der Waals surface area contributed by atoms with Gasteiger partial charge in [0.2, 0.25) is 0 Å². The van der Waals surface area contributed by atoms with E-state index in [2.05, 4.69) is 10.2 Å². The zero-order valence-electron chi connectivity index (χ0n) is 11.8. The fraction of sp³-hybridized carbons (Fsp3) is 0.188. The summed E-state index contributed by atoms with van der Waals surface area (Å²) in [5.41, 5.74) is 2.66. The molecule has 3 rings (SSSR count). The summed E-state index contributed by atoms with van der Waals surface area (Å²) in [5, 5.41) is 8.35. The summed E-state index contributed by atoms with van der Waals surface area (Å²) in [5.74, 6) is 0.0982. The zero-order valence-corrected chi connectivity index (χ0v) is 11.8. The second kappa shape index (κ2) is 5.75. The first-order chi connectivity index (χ1) is 10.2. The number of hydrogen-bond donors (Lipinski definition) is 0. The number of ketones is 1. The lowest BCUT2D eigenvalue weighted by Gasteiger charge is -1.99. The zero-order chi connectivity index (χ0) is 14.7. The van der Waals surface area contributed by atoms with E-state index in [1.165, 1.54) is 0 Å². The highest BCUT2D eigenvalue weighted by Crippen LogP contribution is 2.11. The number of aryl methyl sites for hydroxylation is 2. The molecule has 0 radical (unpaired) electrons. The van der Waals surface area contributed by atoms with Gasteiger partial charge in [0, 0.05) is 25.9 Å². The number of carbonyl (C=O) groups is 1. The summed E-state index contributed by atoms with van der Waals surface area (Å²) < 4.78 is 3.46. The van der Waals surface area contributed by atoms with E-state index in [1.54, 1.807) is 28.0 Å². The van der Waals surface area contributed by atoms with E-state index in [1.807, 2.05) is 43.6 Å². The third kappa shape index (κ3) is 3.08. The van der Waals surface area contributed by atoms with Crippen LogP contribution in [0.3, 0.4) is 0 Å². The normalized spacial score (nSPS) is 10.7. The van der Waals surface area contributed by atoms with Gasteiger partial charge in [0.15, 0.2) is 5.78 Å². The van der Waals surface area contributed by atoms with Crippen LogP contribution in [0.4, 0.5) is 0 Å². The molecule has 0 aliphatic carbocycles. The predicted octanol–water partition coefficient (Wildman–Crippen LogP) is 2.42. The molecule has 2 heterocycles. The topological polar surface area (TPSA) is 52.7 Å². The summed E-state index contributed by atoms with van der Waals surface area (Å²) in [7, 11) is 1.87. The van der Waals surface area contributed by atoms with E-state index >= 15 is 0 Å². The van der Waals surface area contributed by atoms with Crippen LogP contribution in [0.15, 0.2) is 55.1 Å². The lowest BCUT2D eigenvalue weighted by atomic mass is 10.1. The lowest BCUT2D eigenvalue weighted by Crippen LogP contribution is -2.00. The van der Waals surface area contributed by atoms with Crippen LogP contribution in [0.2, 0.25) is 0 Å². The second-order valence-corrected chi connectivity index (χ2v) is 4.95. The molecular weight excluding hydrogens is 264 g/mol. The van der Waals surface area contributed by atoms with Crippen LogP contribution in [-0.4, -0.2) is 25.3 Å². The molecule has 1 aromatic carbocycles. The molecule has 0 bridgehead atoms. The fourth-order valence-electron chi connectivity index (χ4n) is 2.19. The highest BCUT2D eigenvalue weighted by molar-refractivity contribution is 5.95. The van der Waals surface area contributed by atoms with Gasteiger partial charge in [-0.2, -0.15) is 10.2 Å². The first kappa shape index (κ1) is 13.3. The van der Waals surface area contributed by atoms with Crippen LogP contribution in [-0.2, 0) is 13.5 Å². The lowest BCUT2D eigenvalue weighted by molar-refractivity contribution is 0.0983. The molecule has 3 aromatic rings. The molecule has 0 unspecified atom stereocenters. The second-order valence-electron chi connectivity index (χ2n) is 4.95. The molecule has 0 spiro atoms. The number of benzene rings is 1. The fourth-order valence-corrected chi connectivity index (χ4v) is 2.19. The standard InChI is InChI=1S/C16H16N4O/c1-19-11-13(9-17-19)7-8-16(21)14-10-18-20(12-14)15-5-3-2-4-6-15/h2-6,9-12H,7-8H2,1H3. The number of hydrogen-bond acceptors (Lipinski definition) is 3. The molecule has 0 saturated heterocycles. The Hall–Kier alpha value is -2.69. The van der Waals surface area contributed by atoms with E-state index in [9.17, 15) is 4.79 Å². The van der Waals surface area contributed by atoms with E-state index in [-0.39, 0.29) is 5.78 Å². The quantitative estimate of drug-likeness (QED) is 0.674. The molecule has 0 atom stereocenters. The third-order valence-corrected chi connectivity index (χ3v) is 3.32. The molecule has 21 heavy (non-hydrogen) atoms. The summed E-state index contributed by atoms with van der Waals surface area (Å²) in [6, 6.07) is 9.75. The van der Waals surface area contributed by atoms with Crippen LogP contribution in [0.5, 0.6) is 0 Å². The van der Waals surface area contributed by atoms with Gasteiger partial charge in [0.05, 0.1) is 23.6 Å². The van der Waals surface area contributed by atoms with Crippen molar-refractivity contribution in [3.05, 3.63) is 66.2 Å². The number of para-hydroxylation sites is 1. The van der Waals surface area contributed by atoms with Crippen molar-refractivity contribution < 1.29 is 4.79 Å².